The number of hydrogen-bond donors (Lipinski definition) is 1. The largest absolute Gasteiger partial charge is 0.325 e. The predicted octanol–water partition coefficient (Wildman–Crippen LogP) is 3.49. The van der Waals surface area contributed by atoms with E-state index in [1.54, 1.807) is 62.4 Å². The molecule has 3 amide bonds. The van der Waals surface area contributed by atoms with E-state index in [-0.39, 0.29) is 5.78 Å². The van der Waals surface area contributed by atoms with Gasteiger partial charge in [-0.15, -0.1) is 0 Å². The highest BCUT2D eigenvalue weighted by atomic mass is 79.9. The summed E-state index contributed by atoms with van der Waals surface area (Å²) in [6.45, 7) is 3.22. The Balaban J connectivity index is 1.90. The molecule has 2 unspecified atom stereocenters. The molecule has 2 atom stereocenters. The van der Waals surface area contributed by atoms with Crippen LogP contribution in [0.2, 0.25) is 0 Å². The average molecular weight is 401 g/mol. The van der Waals surface area contributed by atoms with Crippen LogP contribution in [0.15, 0.2) is 59.1 Å². The predicted molar refractivity (Wildman–Crippen MR) is 97.1 cm³/mol. The van der Waals surface area contributed by atoms with Crippen molar-refractivity contribution in [2.45, 2.75) is 25.4 Å². The molecule has 1 N–H and O–H groups in total. The van der Waals surface area contributed by atoms with E-state index in [9.17, 15) is 14.4 Å². The number of Topliss-reactive ketones (excluding diaryl/α,β-unsaturated/α-hetero) is 1. The third-order valence-electron chi connectivity index (χ3n) is 4.47. The Morgan fingerprint density at radius 3 is 2.28 bits per heavy atom. The van der Waals surface area contributed by atoms with Crippen LogP contribution in [0.5, 0.6) is 0 Å². The van der Waals surface area contributed by atoms with E-state index in [1.165, 1.54) is 0 Å². The number of halogens is 1. The number of nitrogens with one attached hydrogen (secondary N) is 1. The molecule has 0 aromatic heterocycles. The van der Waals surface area contributed by atoms with Crippen LogP contribution in [0, 0.1) is 0 Å². The molecular weight excluding hydrogens is 384 g/mol. The highest BCUT2D eigenvalue weighted by Gasteiger charge is 2.51. The van der Waals surface area contributed by atoms with Crippen LogP contribution in [0.4, 0.5) is 4.79 Å². The van der Waals surface area contributed by atoms with Crippen molar-refractivity contribution in [3.63, 3.8) is 0 Å². The molecule has 1 aliphatic heterocycles. The molecule has 128 valence electrons. The molecule has 3 rings (SSSR count). The lowest BCUT2D eigenvalue weighted by molar-refractivity contribution is -0.131. The fourth-order valence-electron chi connectivity index (χ4n) is 2.95. The number of urea groups is 1. The fourth-order valence-corrected chi connectivity index (χ4v) is 3.22. The van der Waals surface area contributed by atoms with Gasteiger partial charge in [0, 0.05) is 10.0 Å². The maximum absolute atomic E-state index is 13.0. The molecule has 0 radical (unpaired) electrons. The van der Waals surface area contributed by atoms with Crippen molar-refractivity contribution < 1.29 is 14.4 Å². The average Bonchev–Trinajstić information content (AvgIpc) is 2.85. The minimum absolute atomic E-state index is 0.284. The number of ketones is 1. The zero-order valence-electron chi connectivity index (χ0n) is 13.8. The summed E-state index contributed by atoms with van der Waals surface area (Å²) in [7, 11) is 0. The molecule has 1 heterocycles. The van der Waals surface area contributed by atoms with E-state index >= 15 is 0 Å². The van der Waals surface area contributed by atoms with Crippen LogP contribution in [0.3, 0.4) is 0 Å². The summed E-state index contributed by atoms with van der Waals surface area (Å²) in [6, 6.07) is 14.4. The third kappa shape index (κ3) is 2.98. The van der Waals surface area contributed by atoms with Crippen molar-refractivity contribution >= 4 is 33.7 Å². The second kappa shape index (κ2) is 6.44. The molecule has 0 saturated carbocycles. The first-order valence-electron chi connectivity index (χ1n) is 7.85. The van der Waals surface area contributed by atoms with E-state index in [2.05, 4.69) is 21.2 Å². The smallest absolute Gasteiger partial charge is 0.319 e. The Kier molecular flexibility index (Phi) is 4.47. The Labute approximate surface area is 154 Å². The molecule has 6 heteroatoms. The summed E-state index contributed by atoms with van der Waals surface area (Å²) in [4.78, 5) is 39.1. The highest BCUT2D eigenvalue weighted by molar-refractivity contribution is 9.10. The number of nitrogens with zero attached hydrogens (tertiary/aromatic N) is 1. The van der Waals surface area contributed by atoms with Gasteiger partial charge in [-0.3, -0.25) is 14.5 Å². The van der Waals surface area contributed by atoms with Gasteiger partial charge in [-0.25, -0.2) is 4.79 Å². The first kappa shape index (κ1) is 17.4. The van der Waals surface area contributed by atoms with Crippen LogP contribution in [-0.4, -0.2) is 28.7 Å². The van der Waals surface area contributed by atoms with Gasteiger partial charge in [-0.05, 0) is 31.5 Å². The van der Waals surface area contributed by atoms with E-state index in [0.717, 1.165) is 9.37 Å². The monoisotopic (exact) mass is 400 g/mol. The van der Waals surface area contributed by atoms with Crippen molar-refractivity contribution in [2.75, 3.05) is 0 Å². The van der Waals surface area contributed by atoms with E-state index in [4.69, 9.17) is 0 Å². The summed E-state index contributed by atoms with van der Waals surface area (Å²) < 4.78 is 0.850. The summed E-state index contributed by atoms with van der Waals surface area (Å²) in [5, 5.41) is 2.72. The standard InChI is InChI=1S/C19H17BrN2O3/c1-12(16(23)13-8-10-15(20)11-9-13)22-17(24)19(2,21-18(22)25)14-6-4-3-5-7-14/h3-12H,1-2H3,(H,21,25). The van der Waals surface area contributed by atoms with Gasteiger partial charge in [0.2, 0.25) is 0 Å². The van der Waals surface area contributed by atoms with Crippen molar-refractivity contribution in [1.29, 1.82) is 0 Å². The number of carbonyl (C=O) groups is 3. The number of rotatable bonds is 4. The second-order valence-corrected chi connectivity index (χ2v) is 7.06. The molecule has 2 aromatic rings. The van der Waals surface area contributed by atoms with Crippen molar-refractivity contribution in [2.24, 2.45) is 0 Å². The van der Waals surface area contributed by atoms with E-state index in [1.807, 2.05) is 6.07 Å². The van der Waals surface area contributed by atoms with Gasteiger partial charge in [0.05, 0.1) is 0 Å². The molecule has 1 saturated heterocycles. The molecular formula is C19H17BrN2O3. The number of carbonyl (C=O) groups excluding carboxylic acids is 3. The van der Waals surface area contributed by atoms with Gasteiger partial charge >= 0.3 is 6.03 Å². The van der Waals surface area contributed by atoms with Crippen LogP contribution >= 0.6 is 15.9 Å². The molecule has 0 bridgehead atoms. The quantitative estimate of drug-likeness (QED) is 0.630. The van der Waals surface area contributed by atoms with Crippen LogP contribution in [0.1, 0.15) is 29.8 Å². The van der Waals surface area contributed by atoms with E-state index < -0.39 is 23.5 Å². The Hall–Kier alpha value is -2.47. The van der Waals surface area contributed by atoms with Crippen LogP contribution in [0.25, 0.3) is 0 Å². The fraction of sp³-hybridized carbons (Fsp3) is 0.211. The lowest BCUT2D eigenvalue weighted by Gasteiger charge is -2.24. The van der Waals surface area contributed by atoms with Gasteiger partial charge in [0.15, 0.2) is 5.78 Å². The number of hydrogen-bond acceptors (Lipinski definition) is 3. The minimum atomic E-state index is -1.17. The third-order valence-corrected chi connectivity index (χ3v) is 5.00. The number of benzene rings is 2. The summed E-state index contributed by atoms with van der Waals surface area (Å²) in [5.74, 6) is -0.713. The van der Waals surface area contributed by atoms with Crippen LogP contribution in [-0.2, 0) is 10.3 Å². The van der Waals surface area contributed by atoms with Crippen molar-refractivity contribution in [3.05, 3.63) is 70.2 Å². The lowest BCUT2D eigenvalue weighted by atomic mass is 9.91. The van der Waals surface area contributed by atoms with Crippen molar-refractivity contribution in [1.82, 2.24) is 10.2 Å². The van der Waals surface area contributed by atoms with Crippen molar-refractivity contribution in [3.8, 4) is 0 Å². The second-order valence-electron chi connectivity index (χ2n) is 6.14. The Bertz CT molecular complexity index is 836. The topological polar surface area (TPSA) is 66.5 Å². The molecule has 5 nitrogen and oxygen atoms in total. The number of amides is 3. The molecule has 2 aromatic carbocycles. The minimum Gasteiger partial charge on any atom is -0.319 e. The maximum atomic E-state index is 13.0. The summed E-state index contributed by atoms with van der Waals surface area (Å²) in [5.41, 5.74) is -0.0455. The maximum Gasteiger partial charge on any atom is 0.325 e. The molecule has 1 fully saturated rings. The normalized spacial score (nSPS) is 21.2. The molecule has 0 aliphatic carbocycles. The van der Waals surface area contributed by atoms with Gasteiger partial charge in [0.25, 0.3) is 5.91 Å². The van der Waals surface area contributed by atoms with Gasteiger partial charge in [-0.1, -0.05) is 58.4 Å². The van der Waals surface area contributed by atoms with E-state index in [0.29, 0.717) is 11.1 Å². The summed E-state index contributed by atoms with van der Waals surface area (Å²) >= 11 is 3.32. The SMILES string of the molecule is CC(C(=O)c1ccc(Br)cc1)N1C(=O)NC(C)(c2ccccc2)C1=O. The molecule has 25 heavy (non-hydrogen) atoms. The van der Waals surface area contributed by atoms with Crippen LogP contribution < -0.4 is 5.32 Å². The van der Waals surface area contributed by atoms with Gasteiger partial charge < -0.3 is 5.32 Å². The van der Waals surface area contributed by atoms with Gasteiger partial charge in [0.1, 0.15) is 11.6 Å². The first-order chi connectivity index (χ1) is 11.8. The highest BCUT2D eigenvalue weighted by Crippen LogP contribution is 2.30. The Morgan fingerprint density at radius 2 is 1.68 bits per heavy atom. The lowest BCUT2D eigenvalue weighted by Crippen LogP contribution is -2.45. The molecule has 0 spiro atoms. The zero-order chi connectivity index (χ0) is 18.2. The first-order valence-corrected chi connectivity index (χ1v) is 8.65. The zero-order valence-corrected chi connectivity index (χ0v) is 15.4. The summed E-state index contributed by atoms with van der Waals surface area (Å²) in [6.07, 6.45) is 0. The number of imide groups is 1. The molecule has 1 aliphatic rings. The van der Waals surface area contributed by atoms with Gasteiger partial charge in [-0.2, -0.15) is 0 Å². The Morgan fingerprint density at radius 1 is 1.08 bits per heavy atom.